The molecule has 1 aliphatic rings. The molecule has 1 aromatic carbocycles. The summed E-state index contributed by atoms with van der Waals surface area (Å²) in [6.45, 7) is 0. The Hall–Kier alpha value is -2.72. The Morgan fingerprint density at radius 3 is 2.52 bits per heavy atom. The van der Waals surface area contributed by atoms with Crippen LogP contribution >= 0.6 is 11.3 Å². The SMILES string of the molecule is N#Cc1sc(NC(=O)[C@H]2CCCC[C@H]2C(=O)O)nc1-c1ccccc1. The van der Waals surface area contributed by atoms with E-state index in [0.29, 0.717) is 28.5 Å². The zero-order valence-electron chi connectivity index (χ0n) is 13.4. The van der Waals surface area contributed by atoms with Gasteiger partial charge in [-0.2, -0.15) is 5.26 Å². The number of nitrogens with one attached hydrogen (secondary N) is 1. The molecule has 0 aliphatic heterocycles. The first-order chi connectivity index (χ1) is 12.1. The van der Waals surface area contributed by atoms with E-state index in [2.05, 4.69) is 16.4 Å². The first kappa shape index (κ1) is 17.1. The molecule has 1 saturated carbocycles. The molecule has 2 aromatic rings. The Bertz CT molecular complexity index is 826. The van der Waals surface area contributed by atoms with Crippen LogP contribution in [0.5, 0.6) is 0 Å². The number of carbonyl (C=O) groups is 2. The number of hydrogen-bond acceptors (Lipinski definition) is 5. The second-order valence-corrected chi connectivity index (χ2v) is 7.00. The van der Waals surface area contributed by atoms with Gasteiger partial charge < -0.3 is 10.4 Å². The van der Waals surface area contributed by atoms with E-state index in [1.807, 2.05) is 30.3 Å². The van der Waals surface area contributed by atoms with Crippen LogP contribution in [-0.2, 0) is 9.59 Å². The van der Waals surface area contributed by atoms with Gasteiger partial charge in [-0.3, -0.25) is 9.59 Å². The Labute approximate surface area is 149 Å². The van der Waals surface area contributed by atoms with Gasteiger partial charge in [0, 0.05) is 5.56 Å². The molecule has 1 fully saturated rings. The highest BCUT2D eigenvalue weighted by atomic mass is 32.1. The van der Waals surface area contributed by atoms with Crippen LogP contribution in [0, 0.1) is 23.2 Å². The first-order valence-corrected chi connectivity index (χ1v) is 8.92. The Morgan fingerprint density at radius 1 is 1.20 bits per heavy atom. The third-order valence-corrected chi connectivity index (χ3v) is 5.30. The molecule has 0 bridgehead atoms. The van der Waals surface area contributed by atoms with Crippen LogP contribution in [0.15, 0.2) is 30.3 Å². The monoisotopic (exact) mass is 355 g/mol. The fourth-order valence-corrected chi connectivity index (χ4v) is 3.97. The molecular formula is C18H17N3O3S. The lowest BCUT2D eigenvalue weighted by Crippen LogP contribution is -2.36. The van der Waals surface area contributed by atoms with Crippen LogP contribution in [-0.4, -0.2) is 22.0 Å². The van der Waals surface area contributed by atoms with E-state index in [0.717, 1.165) is 29.7 Å². The summed E-state index contributed by atoms with van der Waals surface area (Å²) in [5.74, 6) is -2.47. The van der Waals surface area contributed by atoms with Gasteiger partial charge in [0.05, 0.1) is 11.8 Å². The van der Waals surface area contributed by atoms with Crippen molar-refractivity contribution in [1.82, 2.24) is 4.98 Å². The molecule has 0 spiro atoms. The van der Waals surface area contributed by atoms with Gasteiger partial charge in [-0.15, -0.1) is 0 Å². The number of carbonyl (C=O) groups excluding carboxylic acids is 1. The minimum absolute atomic E-state index is 0.329. The average molecular weight is 355 g/mol. The summed E-state index contributed by atoms with van der Waals surface area (Å²) in [5, 5.41) is 21.7. The predicted octanol–water partition coefficient (Wildman–Crippen LogP) is 3.51. The highest BCUT2D eigenvalue weighted by molar-refractivity contribution is 7.16. The van der Waals surface area contributed by atoms with Gasteiger partial charge in [0.1, 0.15) is 16.6 Å². The predicted molar refractivity (Wildman–Crippen MR) is 94.0 cm³/mol. The second-order valence-electron chi connectivity index (χ2n) is 6.00. The topological polar surface area (TPSA) is 103 Å². The van der Waals surface area contributed by atoms with Crippen molar-refractivity contribution in [2.75, 3.05) is 5.32 Å². The van der Waals surface area contributed by atoms with Crippen molar-refractivity contribution < 1.29 is 14.7 Å². The molecule has 3 rings (SSSR count). The lowest BCUT2D eigenvalue weighted by Gasteiger charge is -2.26. The Balaban J connectivity index is 1.81. The lowest BCUT2D eigenvalue weighted by molar-refractivity contribution is -0.147. The second kappa shape index (κ2) is 7.45. The van der Waals surface area contributed by atoms with E-state index in [9.17, 15) is 20.0 Å². The summed E-state index contributed by atoms with van der Waals surface area (Å²) in [6, 6.07) is 11.4. The van der Waals surface area contributed by atoms with Gasteiger partial charge in [-0.1, -0.05) is 54.5 Å². The largest absolute Gasteiger partial charge is 0.481 e. The normalized spacial score (nSPS) is 19.8. The summed E-state index contributed by atoms with van der Waals surface area (Å²) < 4.78 is 0. The zero-order chi connectivity index (χ0) is 17.8. The maximum atomic E-state index is 12.5. The molecule has 6 nitrogen and oxygen atoms in total. The Kier molecular flexibility index (Phi) is 5.10. The summed E-state index contributed by atoms with van der Waals surface area (Å²) >= 11 is 1.10. The van der Waals surface area contributed by atoms with Gasteiger partial charge in [0.15, 0.2) is 5.13 Å². The van der Waals surface area contributed by atoms with Crippen LogP contribution < -0.4 is 5.32 Å². The molecule has 0 unspecified atom stereocenters. The third kappa shape index (κ3) is 3.69. The number of hydrogen-bond donors (Lipinski definition) is 2. The molecule has 2 N–H and O–H groups in total. The smallest absolute Gasteiger partial charge is 0.307 e. The van der Waals surface area contributed by atoms with Crippen LogP contribution in [0.2, 0.25) is 0 Å². The van der Waals surface area contributed by atoms with E-state index >= 15 is 0 Å². The molecule has 1 heterocycles. The molecule has 7 heteroatoms. The molecule has 2 atom stereocenters. The van der Waals surface area contributed by atoms with Crippen LogP contribution in [0.4, 0.5) is 5.13 Å². The molecule has 1 aromatic heterocycles. The Morgan fingerprint density at radius 2 is 1.88 bits per heavy atom. The minimum atomic E-state index is -0.929. The van der Waals surface area contributed by atoms with E-state index in [1.165, 1.54) is 0 Å². The van der Waals surface area contributed by atoms with Crippen LogP contribution in [0.25, 0.3) is 11.3 Å². The van der Waals surface area contributed by atoms with Crippen molar-refractivity contribution >= 4 is 28.3 Å². The molecule has 1 aliphatic carbocycles. The van der Waals surface area contributed by atoms with Crippen LogP contribution in [0.3, 0.4) is 0 Å². The van der Waals surface area contributed by atoms with Crippen molar-refractivity contribution in [3.05, 3.63) is 35.2 Å². The molecule has 0 radical (unpaired) electrons. The lowest BCUT2D eigenvalue weighted by atomic mass is 9.79. The van der Waals surface area contributed by atoms with Gasteiger partial charge >= 0.3 is 5.97 Å². The van der Waals surface area contributed by atoms with E-state index in [1.54, 1.807) is 0 Å². The number of anilines is 1. The highest BCUT2D eigenvalue weighted by Gasteiger charge is 2.36. The summed E-state index contributed by atoms with van der Waals surface area (Å²) in [5.41, 5.74) is 1.33. The fraction of sp³-hybridized carbons (Fsp3) is 0.333. The van der Waals surface area contributed by atoms with Gasteiger partial charge in [0.25, 0.3) is 0 Å². The summed E-state index contributed by atoms with van der Waals surface area (Å²) in [4.78, 5) is 28.7. The maximum Gasteiger partial charge on any atom is 0.307 e. The summed E-state index contributed by atoms with van der Waals surface area (Å²) in [6.07, 6.45) is 2.75. The van der Waals surface area contributed by atoms with Gasteiger partial charge in [0.2, 0.25) is 5.91 Å². The van der Waals surface area contributed by atoms with E-state index in [4.69, 9.17) is 0 Å². The number of benzene rings is 1. The molecule has 25 heavy (non-hydrogen) atoms. The zero-order valence-corrected chi connectivity index (χ0v) is 14.3. The fourth-order valence-electron chi connectivity index (χ4n) is 3.18. The van der Waals surface area contributed by atoms with Crippen LogP contribution in [0.1, 0.15) is 30.6 Å². The molecule has 128 valence electrons. The van der Waals surface area contributed by atoms with Crippen molar-refractivity contribution in [1.29, 1.82) is 5.26 Å². The number of rotatable bonds is 4. The molecule has 0 saturated heterocycles. The number of carboxylic acid groups (broad SMARTS) is 1. The first-order valence-electron chi connectivity index (χ1n) is 8.10. The third-order valence-electron chi connectivity index (χ3n) is 4.43. The number of carboxylic acids is 1. The van der Waals surface area contributed by atoms with Crippen molar-refractivity contribution in [2.24, 2.45) is 11.8 Å². The number of thiazole rings is 1. The minimum Gasteiger partial charge on any atom is -0.481 e. The van der Waals surface area contributed by atoms with Gasteiger partial charge in [-0.25, -0.2) is 4.98 Å². The summed E-state index contributed by atoms with van der Waals surface area (Å²) in [7, 11) is 0. The number of aliphatic carboxylic acids is 1. The number of aromatic nitrogens is 1. The van der Waals surface area contributed by atoms with Gasteiger partial charge in [-0.05, 0) is 12.8 Å². The number of nitrogens with zero attached hydrogens (tertiary/aromatic N) is 2. The standard InChI is InChI=1S/C18H17N3O3S/c19-10-14-15(11-6-2-1-3-7-11)20-18(25-14)21-16(22)12-8-4-5-9-13(12)17(23)24/h1-3,6-7,12-13H,4-5,8-9H2,(H,23,24)(H,20,21,22)/t12-,13+/m0/s1. The van der Waals surface area contributed by atoms with E-state index < -0.39 is 17.8 Å². The van der Waals surface area contributed by atoms with Crippen molar-refractivity contribution in [3.8, 4) is 17.3 Å². The average Bonchev–Trinajstić information content (AvgIpc) is 3.05. The number of amides is 1. The maximum absolute atomic E-state index is 12.5. The molecule has 1 amide bonds. The van der Waals surface area contributed by atoms with Crippen molar-refractivity contribution in [2.45, 2.75) is 25.7 Å². The quantitative estimate of drug-likeness (QED) is 0.873. The van der Waals surface area contributed by atoms with Crippen molar-refractivity contribution in [3.63, 3.8) is 0 Å². The highest BCUT2D eigenvalue weighted by Crippen LogP contribution is 2.34. The molecular weight excluding hydrogens is 338 g/mol. The number of nitriles is 1. The van der Waals surface area contributed by atoms with E-state index in [-0.39, 0.29) is 5.91 Å².